The lowest BCUT2D eigenvalue weighted by molar-refractivity contribution is -0.122. The molecule has 1 fully saturated rings. The number of anilines is 1. The number of carbonyl (C=O) groups is 1. The zero-order valence-corrected chi connectivity index (χ0v) is 20.1. The Morgan fingerprint density at radius 2 is 2.00 bits per heavy atom. The fourth-order valence-electron chi connectivity index (χ4n) is 3.65. The quantitative estimate of drug-likeness (QED) is 0.245. The van der Waals surface area contributed by atoms with E-state index < -0.39 is 0 Å². The summed E-state index contributed by atoms with van der Waals surface area (Å²) in [5.74, 6) is 0.952. The van der Waals surface area contributed by atoms with Crippen molar-refractivity contribution in [2.75, 3.05) is 11.9 Å². The summed E-state index contributed by atoms with van der Waals surface area (Å²) in [6, 6.07) is 9.00. The van der Waals surface area contributed by atoms with Crippen molar-refractivity contribution in [2.24, 2.45) is 0 Å². The second-order valence-corrected chi connectivity index (χ2v) is 9.46. The summed E-state index contributed by atoms with van der Waals surface area (Å²) in [4.78, 5) is 33.0. The molecule has 0 bridgehead atoms. The number of hydrogen-bond donors (Lipinski definition) is 1. The van der Waals surface area contributed by atoms with Gasteiger partial charge in [-0.05, 0) is 36.8 Å². The summed E-state index contributed by atoms with van der Waals surface area (Å²) in [6.45, 7) is 3.14. The molecule has 1 aliphatic rings. The van der Waals surface area contributed by atoms with E-state index in [9.17, 15) is 9.59 Å². The van der Waals surface area contributed by atoms with Crippen molar-refractivity contribution < 1.29 is 9.21 Å². The van der Waals surface area contributed by atoms with Crippen LogP contribution in [0.2, 0.25) is 0 Å². The van der Waals surface area contributed by atoms with E-state index >= 15 is 0 Å². The average Bonchev–Trinajstić information content (AvgIpc) is 3.43. The van der Waals surface area contributed by atoms with E-state index in [1.54, 1.807) is 41.6 Å². The van der Waals surface area contributed by atoms with E-state index in [-0.39, 0.29) is 11.5 Å². The Labute approximate surface area is 201 Å². The topological polar surface area (TPSA) is 79.8 Å². The number of nitrogens with one attached hydrogen (secondary N) is 1. The highest BCUT2D eigenvalue weighted by atomic mass is 32.2. The van der Waals surface area contributed by atoms with Crippen LogP contribution >= 0.6 is 24.0 Å². The predicted molar refractivity (Wildman–Crippen MR) is 136 cm³/mol. The van der Waals surface area contributed by atoms with Gasteiger partial charge in [-0.25, -0.2) is 4.98 Å². The van der Waals surface area contributed by atoms with Crippen LogP contribution in [0.15, 0.2) is 56.9 Å². The van der Waals surface area contributed by atoms with Crippen LogP contribution in [0, 0.1) is 0 Å². The van der Waals surface area contributed by atoms with Crippen LogP contribution in [-0.2, 0) is 11.3 Å². The molecule has 1 N–H and O–H groups in total. The van der Waals surface area contributed by atoms with Gasteiger partial charge in [0.2, 0.25) is 0 Å². The number of unbranched alkanes of at least 4 members (excludes halogenated alkanes) is 4. The van der Waals surface area contributed by atoms with Gasteiger partial charge in [0.15, 0.2) is 0 Å². The van der Waals surface area contributed by atoms with Crippen LogP contribution < -0.4 is 10.9 Å². The molecule has 172 valence electrons. The molecule has 3 aromatic rings. The highest BCUT2D eigenvalue weighted by Crippen LogP contribution is 2.33. The average molecular weight is 483 g/mol. The molecule has 33 heavy (non-hydrogen) atoms. The van der Waals surface area contributed by atoms with E-state index in [1.165, 1.54) is 29.0 Å². The lowest BCUT2D eigenvalue weighted by Gasteiger charge is -2.14. The number of thioether (sulfide) groups is 1. The molecule has 0 unspecified atom stereocenters. The summed E-state index contributed by atoms with van der Waals surface area (Å²) in [5, 5.41) is 3.18. The first kappa shape index (κ1) is 23.3. The molecule has 0 spiro atoms. The predicted octanol–water partition coefficient (Wildman–Crippen LogP) is 5.07. The number of thiocarbonyl (C=S) groups is 1. The lowest BCUT2D eigenvalue weighted by Crippen LogP contribution is -2.29. The van der Waals surface area contributed by atoms with Gasteiger partial charge in [0.05, 0.1) is 23.3 Å². The molecule has 0 aliphatic carbocycles. The molecule has 3 aromatic heterocycles. The number of carbonyl (C=O) groups excluding carboxylic acids is 1. The molecule has 0 saturated carbocycles. The van der Waals surface area contributed by atoms with Crippen molar-refractivity contribution in [1.29, 1.82) is 0 Å². The number of aromatic nitrogens is 2. The van der Waals surface area contributed by atoms with Crippen molar-refractivity contribution in [3.63, 3.8) is 0 Å². The van der Waals surface area contributed by atoms with Gasteiger partial charge < -0.3 is 9.73 Å². The van der Waals surface area contributed by atoms with Crippen LogP contribution in [-0.4, -0.2) is 31.1 Å². The summed E-state index contributed by atoms with van der Waals surface area (Å²) in [5.41, 5.74) is 0.572. The molecular formula is C24H26N4O3S2. The molecule has 7 nitrogen and oxygen atoms in total. The molecule has 0 atom stereocenters. The maximum Gasteiger partial charge on any atom is 0.267 e. The van der Waals surface area contributed by atoms with E-state index in [0.29, 0.717) is 45.1 Å². The first-order valence-electron chi connectivity index (χ1n) is 11.1. The number of rotatable bonds is 10. The fraction of sp³-hybridized carbons (Fsp3) is 0.333. The maximum atomic E-state index is 13.3. The Morgan fingerprint density at radius 3 is 2.79 bits per heavy atom. The molecule has 4 rings (SSSR count). The Kier molecular flexibility index (Phi) is 7.61. The van der Waals surface area contributed by atoms with E-state index in [1.807, 2.05) is 12.1 Å². The monoisotopic (exact) mass is 482 g/mol. The van der Waals surface area contributed by atoms with E-state index in [4.69, 9.17) is 16.6 Å². The first-order valence-corrected chi connectivity index (χ1v) is 12.3. The molecule has 1 amide bonds. The van der Waals surface area contributed by atoms with Gasteiger partial charge >= 0.3 is 0 Å². The van der Waals surface area contributed by atoms with Crippen molar-refractivity contribution in [3.8, 4) is 0 Å². The van der Waals surface area contributed by atoms with E-state index in [0.717, 1.165) is 19.3 Å². The van der Waals surface area contributed by atoms with Gasteiger partial charge in [-0.15, -0.1) is 0 Å². The molecule has 0 aromatic carbocycles. The zero-order valence-electron chi connectivity index (χ0n) is 18.5. The fourth-order valence-corrected chi connectivity index (χ4v) is 4.94. The van der Waals surface area contributed by atoms with Crippen LogP contribution in [0.5, 0.6) is 0 Å². The second-order valence-electron chi connectivity index (χ2n) is 7.79. The van der Waals surface area contributed by atoms with Crippen LogP contribution in [0.1, 0.15) is 50.4 Å². The Hall–Kier alpha value is -2.91. The first-order chi connectivity index (χ1) is 16.1. The molecule has 1 saturated heterocycles. The normalized spacial score (nSPS) is 15.2. The van der Waals surface area contributed by atoms with Gasteiger partial charge in [0.25, 0.3) is 11.5 Å². The molecule has 1 aliphatic heterocycles. The molecule has 4 heterocycles. The van der Waals surface area contributed by atoms with E-state index in [2.05, 4.69) is 17.2 Å². The Morgan fingerprint density at radius 1 is 1.15 bits per heavy atom. The summed E-state index contributed by atoms with van der Waals surface area (Å²) < 4.78 is 7.38. The minimum absolute atomic E-state index is 0.157. The van der Waals surface area contributed by atoms with Crippen molar-refractivity contribution in [2.45, 2.75) is 45.6 Å². The second kappa shape index (κ2) is 10.8. The number of pyridine rings is 1. The minimum Gasteiger partial charge on any atom is -0.467 e. The number of nitrogens with zero attached hydrogens (tertiary/aromatic N) is 3. The zero-order chi connectivity index (χ0) is 23.2. The van der Waals surface area contributed by atoms with Crippen LogP contribution in [0.3, 0.4) is 0 Å². The number of fused-ring (bicyclic) bond motifs is 1. The van der Waals surface area contributed by atoms with Crippen molar-refractivity contribution >= 4 is 51.7 Å². The highest BCUT2D eigenvalue weighted by molar-refractivity contribution is 8.26. The van der Waals surface area contributed by atoms with Crippen LogP contribution in [0.4, 0.5) is 5.82 Å². The van der Waals surface area contributed by atoms with Crippen LogP contribution in [0.25, 0.3) is 11.7 Å². The Balaban J connectivity index is 1.61. The van der Waals surface area contributed by atoms with Gasteiger partial charge in [0.1, 0.15) is 21.5 Å². The maximum absolute atomic E-state index is 13.3. The minimum atomic E-state index is -0.257. The molecular weight excluding hydrogens is 456 g/mol. The van der Waals surface area contributed by atoms with Gasteiger partial charge in [-0.1, -0.05) is 62.7 Å². The number of amides is 1. The highest BCUT2D eigenvalue weighted by Gasteiger charge is 2.32. The third kappa shape index (κ3) is 5.36. The summed E-state index contributed by atoms with van der Waals surface area (Å²) in [7, 11) is 0. The SMILES string of the molecule is CCCCCCCN1C(=O)/C(=C/c2c(NCc3ccco3)nc3ccccn3c2=O)SC1=S. The number of hydrogen-bond acceptors (Lipinski definition) is 7. The van der Waals surface area contributed by atoms with Gasteiger partial charge in [-0.3, -0.25) is 18.9 Å². The third-order valence-electron chi connectivity index (χ3n) is 5.41. The van der Waals surface area contributed by atoms with Gasteiger partial charge in [-0.2, -0.15) is 0 Å². The number of furan rings is 1. The third-order valence-corrected chi connectivity index (χ3v) is 6.79. The van der Waals surface area contributed by atoms with Gasteiger partial charge in [0, 0.05) is 12.7 Å². The van der Waals surface area contributed by atoms with Crippen molar-refractivity contribution in [1.82, 2.24) is 14.3 Å². The standard InChI is InChI=1S/C24H26N4O3S2/c1-2-3-4-5-7-13-28-23(30)19(33-24(28)32)15-18-21(25-16-17-10-9-14-31-17)26-20-11-6-8-12-27(20)22(18)29/h6,8-12,14-15,25H,2-5,7,13,16H2,1H3/b19-15-. The summed E-state index contributed by atoms with van der Waals surface area (Å²) in [6.07, 6.45) is 10.4. The summed E-state index contributed by atoms with van der Waals surface area (Å²) >= 11 is 6.69. The Bertz CT molecular complexity index is 1230. The largest absolute Gasteiger partial charge is 0.467 e. The smallest absolute Gasteiger partial charge is 0.267 e. The van der Waals surface area contributed by atoms with Crippen molar-refractivity contribution in [3.05, 3.63) is 69.4 Å². The molecule has 0 radical (unpaired) electrons. The lowest BCUT2D eigenvalue weighted by atomic mass is 10.1. The molecule has 9 heteroatoms.